The van der Waals surface area contributed by atoms with Gasteiger partial charge in [0.25, 0.3) is 0 Å². The molecule has 4 nitrogen and oxygen atoms in total. The fourth-order valence-corrected chi connectivity index (χ4v) is 4.77. The summed E-state index contributed by atoms with van der Waals surface area (Å²) >= 11 is 0. The molecule has 0 aromatic heterocycles. The van der Waals surface area contributed by atoms with Crippen LogP contribution in [0.5, 0.6) is 5.75 Å². The molecule has 4 heteroatoms. The Morgan fingerprint density at radius 3 is 2.61 bits per heavy atom. The van der Waals surface area contributed by atoms with Crippen molar-refractivity contribution in [3.63, 3.8) is 0 Å². The van der Waals surface area contributed by atoms with Gasteiger partial charge in [-0.05, 0) is 43.2 Å². The lowest BCUT2D eigenvalue weighted by molar-refractivity contribution is -0.137. The Kier molecular flexibility index (Phi) is 3.92. The Bertz CT molecular complexity index is 580. The fraction of sp³-hybridized carbons (Fsp3) is 0.632. The van der Waals surface area contributed by atoms with Crippen molar-refractivity contribution in [3.8, 4) is 5.75 Å². The van der Waals surface area contributed by atoms with E-state index in [0.717, 1.165) is 44.3 Å². The summed E-state index contributed by atoms with van der Waals surface area (Å²) in [6.45, 7) is 3.54. The highest BCUT2D eigenvalue weighted by Gasteiger charge is 2.44. The van der Waals surface area contributed by atoms with Gasteiger partial charge in [0.15, 0.2) is 0 Å². The Morgan fingerprint density at radius 1 is 1.13 bits per heavy atom. The predicted molar refractivity (Wildman–Crippen MR) is 90.7 cm³/mol. The molecule has 1 aromatic carbocycles. The predicted octanol–water partition coefficient (Wildman–Crippen LogP) is 2.78. The molecule has 23 heavy (non-hydrogen) atoms. The third-order valence-electron chi connectivity index (χ3n) is 6.07. The van der Waals surface area contributed by atoms with Gasteiger partial charge < -0.3 is 14.5 Å². The number of hydrogen-bond donors (Lipinski definition) is 0. The molecule has 124 valence electrons. The van der Waals surface area contributed by atoms with Gasteiger partial charge >= 0.3 is 0 Å². The lowest BCUT2D eigenvalue weighted by Gasteiger charge is -2.38. The van der Waals surface area contributed by atoms with E-state index in [9.17, 15) is 4.79 Å². The number of hydrogen-bond acceptors (Lipinski definition) is 3. The van der Waals surface area contributed by atoms with Crippen LogP contribution in [0.2, 0.25) is 0 Å². The summed E-state index contributed by atoms with van der Waals surface area (Å²) in [6.07, 6.45) is 5.10. The molecule has 1 amide bonds. The molecule has 2 bridgehead atoms. The molecule has 0 N–H and O–H groups in total. The van der Waals surface area contributed by atoms with Crippen molar-refractivity contribution in [2.75, 3.05) is 38.2 Å². The second-order valence-electron chi connectivity index (χ2n) is 7.30. The lowest BCUT2D eigenvalue weighted by atomic mass is 9.87. The van der Waals surface area contributed by atoms with Crippen molar-refractivity contribution >= 4 is 11.6 Å². The number of anilines is 1. The molecule has 0 radical (unpaired) electrons. The third-order valence-corrected chi connectivity index (χ3v) is 6.07. The van der Waals surface area contributed by atoms with E-state index in [-0.39, 0.29) is 0 Å². The molecule has 2 saturated carbocycles. The highest BCUT2D eigenvalue weighted by atomic mass is 16.5. The first-order valence-electron chi connectivity index (χ1n) is 8.92. The van der Waals surface area contributed by atoms with E-state index in [0.29, 0.717) is 17.7 Å². The third kappa shape index (κ3) is 2.79. The van der Waals surface area contributed by atoms with Gasteiger partial charge in [0.2, 0.25) is 5.91 Å². The van der Waals surface area contributed by atoms with Crippen LogP contribution in [0, 0.1) is 17.8 Å². The van der Waals surface area contributed by atoms with Crippen molar-refractivity contribution in [1.82, 2.24) is 4.90 Å². The highest BCUT2D eigenvalue weighted by Crippen LogP contribution is 2.48. The number of carbonyl (C=O) groups is 1. The maximum absolute atomic E-state index is 12.8. The first kappa shape index (κ1) is 14.9. The first-order valence-corrected chi connectivity index (χ1v) is 8.92. The van der Waals surface area contributed by atoms with Crippen LogP contribution in [0.25, 0.3) is 0 Å². The zero-order valence-electron chi connectivity index (χ0n) is 13.9. The Morgan fingerprint density at radius 2 is 1.96 bits per heavy atom. The number of carbonyl (C=O) groups excluding carboxylic acids is 1. The average molecular weight is 314 g/mol. The molecule has 2 aliphatic carbocycles. The highest BCUT2D eigenvalue weighted by molar-refractivity contribution is 5.80. The number of rotatable bonds is 3. The number of piperazine rings is 1. The Labute approximate surface area is 138 Å². The van der Waals surface area contributed by atoms with Crippen molar-refractivity contribution in [1.29, 1.82) is 0 Å². The van der Waals surface area contributed by atoms with E-state index in [4.69, 9.17) is 4.74 Å². The van der Waals surface area contributed by atoms with Crippen molar-refractivity contribution in [2.24, 2.45) is 17.8 Å². The van der Waals surface area contributed by atoms with Crippen LogP contribution in [0.3, 0.4) is 0 Å². The van der Waals surface area contributed by atoms with Crippen molar-refractivity contribution in [2.45, 2.75) is 25.7 Å². The molecule has 1 aliphatic heterocycles. The monoisotopic (exact) mass is 314 g/mol. The van der Waals surface area contributed by atoms with Crippen LogP contribution >= 0.6 is 0 Å². The minimum Gasteiger partial charge on any atom is -0.497 e. The summed E-state index contributed by atoms with van der Waals surface area (Å²) in [5, 5.41) is 0. The average Bonchev–Trinajstić information content (AvgIpc) is 3.24. The van der Waals surface area contributed by atoms with E-state index in [1.54, 1.807) is 7.11 Å². The number of amides is 1. The number of nitrogens with zero attached hydrogens (tertiary/aromatic N) is 2. The number of benzene rings is 1. The Balaban J connectivity index is 1.36. The topological polar surface area (TPSA) is 32.8 Å². The smallest absolute Gasteiger partial charge is 0.226 e. The summed E-state index contributed by atoms with van der Waals surface area (Å²) in [5.41, 5.74) is 1.19. The van der Waals surface area contributed by atoms with E-state index < -0.39 is 0 Å². The van der Waals surface area contributed by atoms with Crippen LogP contribution in [0.15, 0.2) is 24.3 Å². The molecule has 1 saturated heterocycles. The van der Waals surface area contributed by atoms with E-state index in [1.807, 2.05) is 12.1 Å². The summed E-state index contributed by atoms with van der Waals surface area (Å²) in [4.78, 5) is 17.3. The molecule has 3 unspecified atom stereocenters. The minimum atomic E-state index is 0.331. The van der Waals surface area contributed by atoms with Crippen molar-refractivity contribution < 1.29 is 9.53 Å². The SMILES string of the molecule is COc1cccc(N2CCN(C(=O)C3CC4CCC3C4)CC2)c1. The standard InChI is InChI=1S/C19H26N2O2/c1-23-17-4-2-3-16(13-17)20-7-9-21(10-8-20)19(22)18-12-14-5-6-15(18)11-14/h2-4,13-15,18H,5-12H2,1H3. The van der Waals surface area contributed by atoms with Gasteiger partial charge in [-0.2, -0.15) is 0 Å². The van der Waals surface area contributed by atoms with Crippen LogP contribution in [-0.4, -0.2) is 44.1 Å². The molecule has 1 heterocycles. The summed E-state index contributed by atoms with van der Waals surface area (Å²) in [7, 11) is 1.70. The fourth-order valence-electron chi connectivity index (χ4n) is 4.77. The molecular formula is C19H26N2O2. The largest absolute Gasteiger partial charge is 0.497 e. The molecule has 3 fully saturated rings. The van der Waals surface area contributed by atoms with Gasteiger partial charge in [-0.15, -0.1) is 0 Å². The van der Waals surface area contributed by atoms with Crippen LogP contribution < -0.4 is 9.64 Å². The number of ether oxygens (including phenoxy) is 1. The van der Waals surface area contributed by atoms with Gasteiger partial charge in [0.05, 0.1) is 7.11 Å². The van der Waals surface area contributed by atoms with Gasteiger partial charge in [-0.1, -0.05) is 12.5 Å². The second-order valence-corrected chi connectivity index (χ2v) is 7.30. The lowest BCUT2D eigenvalue weighted by Crippen LogP contribution is -2.51. The van der Waals surface area contributed by atoms with Crippen LogP contribution in [0.4, 0.5) is 5.69 Å². The number of fused-ring (bicyclic) bond motifs is 2. The second kappa shape index (κ2) is 6.06. The first-order chi connectivity index (χ1) is 11.2. The van der Waals surface area contributed by atoms with Crippen LogP contribution in [0.1, 0.15) is 25.7 Å². The van der Waals surface area contributed by atoms with Gasteiger partial charge in [0, 0.05) is 43.9 Å². The minimum absolute atomic E-state index is 0.331. The number of methoxy groups -OCH3 is 1. The zero-order valence-corrected chi connectivity index (χ0v) is 13.9. The molecule has 1 aromatic rings. The van der Waals surface area contributed by atoms with Gasteiger partial charge in [-0.25, -0.2) is 0 Å². The molecular weight excluding hydrogens is 288 g/mol. The normalized spacial score (nSPS) is 29.9. The maximum atomic E-state index is 12.8. The molecule has 3 atom stereocenters. The van der Waals surface area contributed by atoms with Gasteiger partial charge in [0.1, 0.15) is 5.75 Å². The zero-order chi connectivity index (χ0) is 15.8. The van der Waals surface area contributed by atoms with E-state index in [2.05, 4.69) is 21.9 Å². The Hall–Kier alpha value is -1.71. The van der Waals surface area contributed by atoms with Crippen LogP contribution in [-0.2, 0) is 4.79 Å². The molecule has 4 rings (SSSR count). The van der Waals surface area contributed by atoms with E-state index >= 15 is 0 Å². The van der Waals surface area contributed by atoms with Crippen molar-refractivity contribution in [3.05, 3.63) is 24.3 Å². The summed E-state index contributed by atoms with van der Waals surface area (Å²) < 4.78 is 5.31. The maximum Gasteiger partial charge on any atom is 0.226 e. The van der Waals surface area contributed by atoms with Gasteiger partial charge in [-0.3, -0.25) is 4.79 Å². The molecule has 3 aliphatic rings. The summed E-state index contributed by atoms with van der Waals surface area (Å²) in [5.74, 6) is 3.18. The van der Waals surface area contributed by atoms with E-state index in [1.165, 1.54) is 24.9 Å². The molecule has 0 spiro atoms. The summed E-state index contributed by atoms with van der Waals surface area (Å²) in [6, 6.07) is 8.20. The quantitative estimate of drug-likeness (QED) is 0.860.